The van der Waals surface area contributed by atoms with Crippen molar-refractivity contribution >= 4 is 11.7 Å². The summed E-state index contributed by atoms with van der Waals surface area (Å²) >= 11 is 0. The van der Waals surface area contributed by atoms with E-state index in [1.807, 2.05) is 6.08 Å². The number of aliphatic hydroxyl groups is 1. The smallest absolute Gasteiger partial charge is 0.311 e. The van der Waals surface area contributed by atoms with Gasteiger partial charge in [-0.3, -0.25) is 9.69 Å². The number of carbonyl (C=O) groups excluding carboxylic acids is 1. The zero-order chi connectivity index (χ0) is 17.2. The monoisotopic (exact) mass is 340 g/mol. The standard InChI is InChI=1S/C20H24N2O3/c1-25-19(24)17-13-10-16-20(7-8-22(16)11-12(13)6-9-23)14-4-2-3-5-15(14)21-18(17)20/h2-6,13,16-18,21,23H,7-11H2,1H3/b12-6+/t13-,16-,17-,18-,20-/m0/s1. The summed E-state index contributed by atoms with van der Waals surface area (Å²) in [5.41, 5.74) is 3.73. The second-order valence-corrected chi connectivity index (χ2v) is 7.80. The van der Waals surface area contributed by atoms with E-state index in [1.54, 1.807) is 0 Å². The number of rotatable bonds is 2. The minimum absolute atomic E-state index is 0.00328. The fourth-order valence-corrected chi connectivity index (χ4v) is 6.21. The number of piperidine rings is 1. The predicted molar refractivity (Wildman–Crippen MR) is 94.3 cm³/mol. The summed E-state index contributed by atoms with van der Waals surface area (Å²) < 4.78 is 5.24. The SMILES string of the molecule is COC(=O)[C@H]1[C@H]2C[C@@H]3N(CC[C@]34c3ccccc3N[C@@H]14)C/C2=C\CO. The molecule has 2 bridgehead atoms. The van der Waals surface area contributed by atoms with Gasteiger partial charge >= 0.3 is 5.97 Å². The van der Waals surface area contributed by atoms with Crippen LogP contribution < -0.4 is 5.32 Å². The number of fused-ring (bicyclic) bond motifs is 2. The van der Waals surface area contributed by atoms with Gasteiger partial charge in [-0.1, -0.05) is 29.8 Å². The lowest BCUT2D eigenvalue weighted by atomic mass is 9.55. The Balaban J connectivity index is 1.69. The van der Waals surface area contributed by atoms with Gasteiger partial charge in [-0.25, -0.2) is 0 Å². The van der Waals surface area contributed by atoms with Gasteiger partial charge in [0.1, 0.15) is 0 Å². The third kappa shape index (κ3) is 1.83. The number of para-hydroxylation sites is 1. The van der Waals surface area contributed by atoms with Crippen LogP contribution >= 0.6 is 0 Å². The maximum Gasteiger partial charge on any atom is 0.311 e. The molecular weight excluding hydrogens is 316 g/mol. The average molecular weight is 340 g/mol. The van der Waals surface area contributed by atoms with Crippen LogP contribution in [0.4, 0.5) is 5.69 Å². The van der Waals surface area contributed by atoms with Crippen LogP contribution in [-0.2, 0) is 14.9 Å². The van der Waals surface area contributed by atoms with Gasteiger partial charge in [0, 0.05) is 23.7 Å². The summed E-state index contributed by atoms with van der Waals surface area (Å²) in [6.07, 6.45) is 3.95. The molecule has 1 spiro atoms. The number of aliphatic hydroxyl groups excluding tert-OH is 1. The van der Waals surface area contributed by atoms with E-state index in [9.17, 15) is 9.90 Å². The Bertz CT molecular complexity index is 761. The van der Waals surface area contributed by atoms with Gasteiger partial charge in [-0.05, 0) is 36.9 Å². The highest BCUT2D eigenvalue weighted by atomic mass is 16.5. The second-order valence-electron chi connectivity index (χ2n) is 7.80. The number of ether oxygens (including phenoxy) is 1. The van der Waals surface area contributed by atoms with Crippen LogP contribution in [0.5, 0.6) is 0 Å². The fourth-order valence-electron chi connectivity index (χ4n) is 6.21. The largest absolute Gasteiger partial charge is 0.469 e. The number of hydrogen-bond donors (Lipinski definition) is 2. The molecule has 5 rings (SSSR count). The Kier molecular flexibility index (Phi) is 3.28. The molecule has 5 nitrogen and oxygen atoms in total. The summed E-state index contributed by atoms with van der Waals surface area (Å²) in [4.78, 5) is 15.4. The van der Waals surface area contributed by atoms with Crippen molar-refractivity contribution in [3.63, 3.8) is 0 Å². The van der Waals surface area contributed by atoms with Crippen molar-refractivity contribution in [1.82, 2.24) is 4.90 Å². The lowest BCUT2D eigenvalue weighted by Gasteiger charge is -2.54. The summed E-state index contributed by atoms with van der Waals surface area (Å²) in [6.45, 7) is 1.93. The van der Waals surface area contributed by atoms with Crippen LogP contribution in [-0.4, -0.2) is 54.9 Å². The molecule has 3 fully saturated rings. The van der Waals surface area contributed by atoms with Crippen LogP contribution in [0, 0.1) is 11.8 Å². The molecule has 2 N–H and O–H groups in total. The first-order valence-corrected chi connectivity index (χ1v) is 9.18. The normalized spacial score (nSPS) is 39.7. The Hall–Kier alpha value is -1.85. The third-order valence-corrected chi connectivity index (χ3v) is 7.10. The number of carbonyl (C=O) groups is 1. The molecule has 1 aromatic carbocycles. The van der Waals surface area contributed by atoms with Crippen molar-refractivity contribution in [3.05, 3.63) is 41.5 Å². The van der Waals surface area contributed by atoms with Crippen molar-refractivity contribution in [2.24, 2.45) is 11.8 Å². The topological polar surface area (TPSA) is 61.8 Å². The maximum absolute atomic E-state index is 12.8. The highest BCUT2D eigenvalue weighted by Gasteiger charge is 2.66. The quantitative estimate of drug-likeness (QED) is 0.632. The van der Waals surface area contributed by atoms with E-state index in [0.29, 0.717) is 6.04 Å². The van der Waals surface area contributed by atoms with Crippen molar-refractivity contribution in [2.75, 3.05) is 32.1 Å². The van der Waals surface area contributed by atoms with Crippen LogP contribution in [0.25, 0.3) is 0 Å². The van der Waals surface area contributed by atoms with E-state index >= 15 is 0 Å². The number of anilines is 1. The molecule has 1 aliphatic carbocycles. The molecule has 3 aliphatic heterocycles. The van der Waals surface area contributed by atoms with Gasteiger partial charge in [0.05, 0.1) is 25.7 Å². The van der Waals surface area contributed by atoms with Crippen LogP contribution in [0.15, 0.2) is 35.9 Å². The van der Waals surface area contributed by atoms with E-state index in [1.165, 1.54) is 23.9 Å². The van der Waals surface area contributed by atoms with E-state index in [0.717, 1.165) is 25.9 Å². The Labute approximate surface area is 147 Å². The van der Waals surface area contributed by atoms with Crippen LogP contribution in [0.1, 0.15) is 18.4 Å². The minimum atomic E-state index is -0.202. The summed E-state index contributed by atoms with van der Waals surface area (Å²) in [6, 6.07) is 9.05. The molecule has 2 saturated heterocycles. The van der Waals surface area contributed by atoms with Crippen molar-refractivity contribution < 1.29 is 14.6 Å². The van der Waals surface area contributed by atoms with Crippen molar-refractivity contribution in [1.29, 1.82) is 0 Å². The number of methoxy groups -OCH3 is 1. The first kappa shape index (κ1) is 15.4. The molecule has 0 amide bonds. The molecule has 0 unspecified atom stereocenters. The Morgan fingerprint density at radius 1 is 1.48 bits per heavy atom. The van der Waals surface area contributed by atoms with Crippen LogP contribution in [0.2, 0.25) is 0 Å². The molecule has 5 atom stereocenters. The lowest BCUT2D eigenvalue weighted by Crippen LogP contribution is -2.63. The fraction of sp³-hybridized carbons (Fsp3) is 0.550. The highest BCUT2D eigenvalue weighted by Crippen LogP contribution is 2.61. The van der Waals surface area contributed by atoms with E-state index in [2.05, 4.69) is 34.5 Å². The lowest BCUT2D eigenvalue weighted by molar-refractivity contribution is -0.151. The van der Waals surface area contributed by atoms with Gasteiger partial charge in [0.25, 0.3) is 0 Å². The van der Waals surface area contributed by atoms with Crippen molar-refractivity contribution in [2.45, 2.75) is 30.3 Å². The maximum atomic E-state index is 12.8. The Morgan fingerprint density at radius 3 is 3.12 bits per heavy atom. The first-order chi connectivity index (χ1) is 12.2. The van der Waals surface area contributed by atoms with Gasteiger partial charge in [-0.15, -0.1) is 0 Å². The molecule has 25 heavy (non-hydrogen) atoms. The van der Waals surface area contributed by atoms with Gasteiger partial charge in [0.2, 0.25) is 0 Å². The average Bonchev–Trinajstić information content (AvgIpc) is 3.18. The predicted octanol–water partition coefficient (Wildman–Crippen LogP) is 1.53. The molecule has 4 aliphatic rings. The van der Waals surface area contributed by atoms with Crippen molar-refractivity contribution in [3.8, 4) is 0 Å². The zero-order valence-corrected chi connectivity index (χ0v) is 14.4. The zero-order valence-electron chi connectivity index (χ0n) is 14.4. The number of nitrogens with one attached hydrogen (secondary N) is 1. The molecule has 3 heterocycles. The van der Waals surface area contributed by atoms with E-state index < -0.39 is 0 Å². The number of nitrogens with zero attached hydrogens (tertiary/aromatic N) is 1. The first-order valence-electron chi connectivity index (χ1n) is 9.18. The molecule has 1 aromatic rings. The summed E-state index contributed by atoms with van der Waals surface area (Å²) in [5.74, 6) is -0.178. The summed E-state index contributed by atoms with van der Waals surface area (Å²) in [5, 5.41) is 13.2. The van der Waals surface area contributed by atoms with Crippen LogP contribution in [0.3, 0.4) is 0 Å². The number of hydrogen-bond acceptors (Lipinski definition) is 5. The highest BCUT2D eigenvalue weighted by molar-refractivity contribution is 5.78. The van der Waals surface area contributed by atoms with E-state index in [-0.39, 0.29) is 35.9 Å². The molecule has 5 heteroatoms. The summed E-state index contributed by atoms with van der Waals surface area (Å²) in [7, 11) is 1.49. The van der Waals surface area contributed by atoms with Gasteiger partial charge < -0.3 is 15.2 Å². The molecule has 132 valence electrons. The molecule has 0 aromatic heterocycles. The number of esters is 1. The molecule has 0 radical (unpaired) electrons. The molecule has 1 saturated carbocycles. The van der Waals surface area contributed by atoms with E-state index in [4.69, 9.17) is 4.74 Å². The third-order valence-electron chi connectivity index (χ3n) is 7.10. The Morgan fingerprint density at radius 2 is 2.32 bits per heavy atom. The molecular formula is C20H24N2O3. The van der Waals surface area contributed by atoms with Gasteiger partial charge in [0.15, 0.2) is 0 Å². The van der Waals surface area contributed by atoms with Gasteiger partial charge in [-0.2, -0.15) is 0 Å². The number of benzene rings is 1. The minimum Gasteiger partial charge on any atom is -0.469 e. The second kappa shape index (κ2) is 5.32.